The van der Waals surface area contributed by atoms with Gasteiger partial charge in [-0.15, -0.1) is 0 Å². The number of benzene rings is 2. The Kier molecular flexibility index (Phi) is 8.48. The molecule has 0 fully saturated rings. The highest BCUT2D eigenvalue weighted by atomic mass is 19.4. The molecule has 0 atom stereocenters. The Hall–Kier alpha value is -4.25. The van der Waals surface area contributed by atoms with E-state index in [9.17, 15) is 32.3 Å². The van der Waals surface area contributed by atoms with Gasteiger partial charge in [0.2, 0.25) is 5.71 Å². The Bertz CT molecular complexity index is 1580. The molecule has 0 saturated heterocycles. The van der Waals surface area contributed by atoms with Crippen LogP contribution in [0.1, 0.15) is 46.7 Å². The first kappa shape index (κ1) is 29.7. The number of halogens is 4. The molecule has 4 rings (SSSR count). The van der Waals surface area contributed by atoms with Crippen molar-refractivity contribution in [2.24, 2.45) is 5.41 Å². The number of carbonyl (C=O) groups excluding carboxylic acids is 2. The number of aliphatic hydroxyl groups is 1. The lowest BCUT2D eigenvalue weighted by molar-refractivity contribution is -0.134. The molecule has 0 spiro atoms. The number of aryl methyl sites for hydroxylation is 1. The summed E-state index contributed by atoms with van der Waals surface area (Å²) >= 11 is 0. The third-order valence-corrected chi connectivity index (χ3v) is 6.56. The zero-order valence-electron chi connectivity index (χ0n) is 22.7. The number of carbonyl (C=O) groups is 2. The standard InChI is InChI=1S/C30H29F4N3O4/c1-29(2,16-38)15-36-26(39)19-6-4-5-18(13-19)21-14-22-24(27(40)35-3)25(17-7-9-20(31)10-8-17)41-28(22)37-23(21)11-12-30(32,33)34/h4-10,13-14,38H,11-12,15-16H2,1-3H3,(H,35,40)(H,36,39). The third kappa shape index (κ3) is 6.91. The lowest BCUT2D eigenvalue weighted by Crippen LogP contribution is -2.36. The Morgan fingerprint density at radius 3 is 2.34 bits per heavy atom. The maximum Gasteiger partial charge on any atom is 0.389 e. The maximum absolute atomic E-state index is 13.6. The second-order valence-electron chi connectivity index (χ2n) is 10.4. The van der Waals surface area contributed by atoms with Crippen molar-refractivity contribution in [3.05, 3.63) is 77.2 Å². The zero-order valence-corrected chi connectivity index (χ0v) is 22.7. The Labute approximate surface area is 233 Å². The number of alkyl halides is 3. The summed E-state index contributed by atoms with van der Waals surface area (Å²) in [7, 11) is 1.42. The molecule has 0 aliphatic heterocycles. The van der Waals surface area contributed by atoms with Crippen LogP contribution < -0.4 is 10.6 Å². The number of nitrogens with one attached hydrogen (secondary N) is 2. The average molecular weight is 572 g/mol. The molecule has 0 saturated carbocycles. The molecule has 216 valence electrons. The van der Waals surface area contributed by atoms with Crippen molar-refractivity contribution in [2.45, 2.75) is 32.9 Å². The minimum absolute atomic E-state index is 0.0519. The largest absolute Gasteiger partial charge is 0.437 e. The molecular formula is C30H29F4N3O4. The first-order valence-electron chi connectivity index (χ1n) is 12.8. The van der Waals surface area contributed by atoms with E-state index in [1.54, 1.807) is 32.0 Å². The van der Waals surface area contributed by atoms with Gasteiger partial charge < -0.3 is 20.2 Å². The Morgan fingerprint density at radius 1 is 1.00 bits per heavy atom. The van der Waals surface area contributed by atoms with Gasteiger partial charge in [-0.2, -0.15) is 13.2 Å². The topological polar surface area (TPSA) is 104 Å². The molecule has 0 bridgehead atoms. The van der Waals surface area contributed by atoms with Gasteiger partial charge in [-0.05, 0) is 54.4 Å². The molecule has 11 heteroatoms. The van der Waals surface area contributed by atoms with E-state index in [4.69, 9.17) is 4.42 Å². The molecule has 2 amide bonds. The average Bonchev–Trinajstić information content (AvgIpc) is 3.32. The second kappa shape index (κ2) is 11.7. The van der Waals surface area contributed by atoms with Crippen LogP contribution in [0.4, 0.5) is 17.6 Å². The number of rotatable bonds is 9. The van der Waals surface area contributed by atoms with Crippen LogP contribution in [0.2, 0.25) is 0 Å². The van der Waals surface area contributed by atoms with E-state index in [1.165, 1.54) is 43.4 Å². The number of nitrogens with zero attached hydrogens (tertiary/aromatic N) is 1. The number of hydrogen-bond acceptors (Lipinski definition) is 5. The molecule has 2 aromatic carbocycles. The smallest absolute Gasteiger partial charge is 0.389 e. The summed E-state index contributed by atoms with van der Waals surface area (Å²) in [6.07, 6.45) is -6.08. The quantitative estimate of drug-likeness (QED) is 0.217. The number of amides is 2. The van der Waals surface area contributed by atoms with E-state index in [1.807, 2.05) is 0 Å². The van der Waals surface area contributed by atoms with E-state index in [0.717, 1.165) is 0 Å². The van der Waals surface area contributed by atoms with Gasteiger partial charge in [-0.3, -0.25) is 9.59 Å². The van der Waals surface area contributed by atoms with Crippen LogP contribution >= 0.6 is 0 Å². The summed E-state index contributed by atoms with van der Waals surface area (Å²) in [4.78, 5) is 30.2. The fourth-order valence-corrected chi connectivity index (χ4v) is 4.22. The van der Waals surface area contributed by atoms with Crippen molar-refractivity contribution in [1.29, 1.82) is 0 Å². The molecule has 0 aliphatic rings. The lowest BCUT2D eigenvalue weighted by atomic mass is 9.94. The SMILES string of the molecule is CNC(=O)c1c(-c2ccc(F)cc2)oc2nc(CCC(F)(F)F)c(-c3cccc(C(=O)NCC(C)(C)CO)c3)cc12. The summed E-state index contributed by atoms with van der Waals surface area (Å²) in [5.74, 6) is -1.36. The van der Waals surface area contributed by atoms with Crippen LogP contribution in [-0.4, -0.2) is 48.3 Å². The highest BCUT2D eigenvalue weighted by Crippen LogP contribution is 2.37. The highest BCUT2D eigenvalue weighted by Gasteiger charge is 2.29. The fourth-order valence-electron chi connectivity index (χ4n) is 4.22. The van der Waals surface area contributed by atoms with Crippen LogP contribution in [0.5, 0.6) is 0 Å². The van der Waals surface area contributed by atoms with E-state index < -0.39 is 42.1 Å². The molecule has 3 N–H and O–H groups in total. The number of hydrogen-bond donors (Lipinski definition) is 3. The first-order valence-corrected chi connectivity index (χ1v) is 12.8. The molecule has 0 aliphatic carbocycles. The van der Waals surface area contributed by atoms with E-state index in [2.05, 4.69) is 15.6 Å². The lowest BCUT2D eigenvalue weighted by Gasteiger charge is -2.21. The van der Waals surface area contributed by atoms with Crippen molar-refractivity contribution in [3.63, 3.8) is 0 Å². The molecule has 0 radical (unpaired) electrons. The van der Waals surface area contributed by atoms with Crippen LogP contribution in [0.25, 0.3) is 33.6 Å². The number of aliphatic hydroxyl groups excluding tert-OH is 1. The van der Waals surface area contributed by atoms with Crippen LogP contribution in [0.3, 0.4) is 0 Å². The van der Waals surface area contributed by atoms with Crippen LogP contribution in [-0.2, 0) is 6.42 Å². The molecule has 0 unspecified atom stereocenters. The van der Waals surface area contributed by atoms with E-state index >= 15 is 0 Å². The normalized spacial score (nSPS) is 12.0. The maximum atomic E-state index is 13.6. The second-order valence-corrected chi connectivity index (χ2v) is 10.4. The summed E-state index contributed by atoms with van der Waals surface area (Å²) in [6.45, 7) is 3.63. The van der Waals surface area contributed by atoms with Gasteiger partial charge >= 0.3 is 6.18 Å². The number of fused-ring (bicyclic) bond motifs is 1. The van der Waals surface area contributed by atoms with Crippen molar-refractivity contribution >= 4 is 22.9 Å². The van der Waals surface area contributed by atoms with Crippen molar-refractivity contribution < 1.29 is 36.7 Å². The van der Waals surface area contributed by atoms with Gasteiger partial charge in [0.25, 0.3) is 11.8 Å². The van der Waals surface area contributed by atoms with Gasteiger partial charge in [-0.25, -0.2) is 9.37 Å². The van der Waals surface area contributed by atoms with E-state index in [-0.39, 0.29) is 46.8 Å². The van der Waals surface area contributed by atoms with Gasteiger partial charge in [0, 0.05) is 48.7 Å². The minimum atomic E-state index is -4.45. The molecule has 2 heterocycles. The summed E-state index contributed by atoms with van der Waals surface area (Å²) < 4.78 is 59.2. The zero-order chi connectivity index (χ0) is 29.9. The van der Waals surface area contributed by atoms with Gasteiger partial charge in [0.1, 0.15) is 11.6 Å². The molecule has 2 aromatic heterocycles. The van der Waals surface area contributed by atoms with Crippen LogP contribution in [0, 0.1) is 11.2 Å². The number of furan rings is 1. The molecular weight excluding hydrogens is 542 g/mol. The van der Waals surface area contributed by atoms with Gasteiger partial charge in [0.05, 0.1) is 16.6 Å². The predicted molar refractivity (Wildman–Crippen MR) is 146 cm³/mol. The van der Waals surface area contributed by atoms with E-state index in [0.29, 0.717) is 16.7 Å². The predicted octanol–water partition coefficient (Wildman–Crippen LogP) is 5.90. The monoisotopic (exact) mass is 571 g/mol. The Balaban J connectivity index is 1.87. The van der Waals surface area contributed by atoms with Crippen molar-refractivity contribution in [3.8, 4) is 22.5 Å². The summed E-state index contributed by atoms with van der Waals surface area (Å²) in [5, 5.41) is 15.0. The molecule has 41 heavy (non-hydrogen) atoms. The van der Waals surface area contributed by atoms with Crippen molar-refractivity contribution in [2.75, 3.05) is 20.2 Å². The fraction of sp³-hybridized carbons (Fsp3) is 0.300. The molecule has 4 aromatic rings. The summed E-state index contributed by atoms with van der Waals surface area (Å²) in [5.41, 5.74) is 0.898. The molecule has 7 nitrogen and oxygen atoms in total. The number of pyridine rings is 1. The van der Waals surface area contributed by atoms with Gasteiger partial charge in [-0.1, -0.05) is 26.0 Å². The minimum Gasteiger partial charge on any atom is -0.437 e. The third-order valence-electron chi connectivity index (χ3n) is 6.56. The van der Waals surface area contributed by atoms with Crippen molar-refractivity contribution in [1.82, 2.24) is 15.6 Å². The Morgan fingerprint density at radius 2 is 1.71 bits per heavy atom. The highest BCUT2D eigenvalue weighted by molar-refractivity contribution is 6.11. The van der Waals surface area contributed by atoms with Gasteiger partial charge in [0.15, 0.2) is 0 Å². The summed E-state index contributed by atoms with van der Waals surface area (Å²) in [6, 6.07) is 13.1. The first-order chi connectivity index (χ1) is 19.3. The number of aromatic nitrogens is 1. The van der Waals surface area contributed by atoms with Crippen LogP contribution in [0.15, 0.2) is 59.0 Å².